The first kappa shape index (κ1) is 15.8. The van der Waals surface area contributed by atoms with Gasteiger partial charge in [0.15, 0.2) is 5.82 Å². The highest BCUT2D eigenvalue weighted by Crippen LogP contribution is 2.34. The van der Waals surface area contributed by atoms with Gasteiger partial charge in [-0.15, -0.1) is 0 Å². The lowest BCUT2D eigenvalue weighted by molar-refractivity contribution is -0.129. The van der Waals surface area contributed by atoms with E-state index in [1.807, 2.05) is 12.1 Å². The summed E-state index contributed by atoms with van der Waals surface area (Å²) in [5, 5.41) is 13.1. The van der Waals surface area contributed by atoms with Crippen molar-refractivity contribution in [1.82, 2.24) is 15.0 Å². The smallest absolute Gasteiger partial charge is 0.249 e. The van der Waals surface area contributed by atoms with E-state index in [0.29, 0.717) is 43.3 Å². The van der Waals surface area contributed by atoms with E-state index in [1.165, 1.54) is 0 Å². The van der Waals surface area contributed by atoms with E-state index in [-0.39, 0.29) is 17.9 Å². The minimum Gasteiger partial charge on any atom is -0.381 e. The third kappa shape index (κ3) is 3.13. The number of amides is 1. The van der Waals surface area contributed by atoms with Crippen molar-refractivity contribution in [2.75, 3.05) is 13.2 Å². The number of nitrogens with zero attached hydrogens (tertiary/aromatic N) is 4. The highest BCUT2D eigenvalue weighted by molar-refractivity contribution is 5.78. The number of nitriles is 1. The number of likely N-dealkylation sites (tertiary alicyclic amines) is 1. The predicted octanol–water partition coefficient (Wildman–Crippen LogP) is 2.31. The minimum absolute atomic E-state index is 0.0660. The summed E-state index contributed by atoms with van der Waals surface area (Å²) in [5.41, 5.74) is 1.50. The summed E-state index contributed by atoms with van der Waals surface area (Å²) in [6.45, 7) is 1.77. The monoisotopic (exact) mass is 338 g/mol. The van der Waals surface area contributed by atoms with Crippen molar-refractivity contribution in [1.29, 1.82) is 5.26 Å². The first-order chi connectivity index (χ1) is 12.2. The van der Waals surface area contributed by atoms with Crippen molar-refractivity contribution in [3.05, 3.63) is 47.1 Å². The van der Waals surface area contributed by atoms with Crippen LogP contribution >= 0.6 is 0 Å². The third-order valence-electron chi connectivity index (χ3n) is 4.77. The molecular weight excluding hydrogens is 320 g/mol. The van der Waals surface area contributed by atoms with Crippen LogP contribution < -0.4 is 0 Å². The maximum absolute atomic E-state index is 12.3. The van der Waals surface area contributed by atoms with Gasteiger partial charge in [0.1, 0.15) is 6.04 Å². The summed E-state index contributed by atoms with van der Waals surface area (Å²) >= 11 is 0. The minimum atomic E-state index is -0.207. The van der Waals surface area contributed by atoms with Crippen molar-refractivity contribution in [3.63, 3.8) is 0 Å². The van der Waals surface area contributed by atoms with Crippen LogP contribution in [-0.2, 0) is 16.1 Å². The Morgan fingerprint density at radius 3 is 3.08 bits per heavy atom. The molecule has 1 aromatic heterocycles. The van der Waals surface area contributed by atoms with E-state index < -0.39 is 0 Å². The van der Waals surface area contributed by atoms with Crippen LogP contribution in [-0.4, -0.2) is 34.2 Å². The second-order valence-electron chi connectivity index (χ2n) is 6.44. The Morgan fingerprint density at radius 1 is 1.36 bits per heavy atom. The number of aromatic nitrogens is 2. The SMILES string of the molecule is N#Cc1cccc(CN2C(=O)CCC2c2nc(C3CCOC3)no2)c1. The molecule has 128 valence electrons. The Kier molecular flexibility index (Phi) is 4.20. The third-order valence-corrected chi connectivity index (χ3v) is 4.77. The van der Waals surface area contributed by atoms with Gasteiger partial charge in [-0.3, -0.25) is 4.79 Å². The van der Waals surface area contributed by atoms with Crippen LogP contribution in [0.5, 0.6) is 0 Å². The number of hydrogen-bond donors (Lipinski definition) is 0. The van der Waals surface area contributed by atoms with Gasteiger partial charge in [-0.25, -0.2) is 0 Å². The number of ether oxygens (including phenoxy) is 1. The van der Waals surface area contributed by atoms with Crippen molar-refractivity contribution in [2.45, 2.75) is 37.8 Å². The van der Waals surface area contributed by atoms with E-state index in [9.17, 15) is 4.79 Å². The Bertz CT molecular complexity index is 820. The summed E-state index contributed by atoms with van der Waals surface area (Å²) in [6.07, 6.45) is 2.03. The van der Waals surface area contributed by atoms with Gasteiger partial charge in [-0.05, 0) is 30.5 Å². The van der Waals surface area contributed by atoms with E-state index >= 15 is 0 Å². The van der Waals surface area contributed by atoms with Gasteiger partial charge >= 0.3 is 0 Å². The second-order valence-corrected chi connectivity index (χ2v) is 6.44. The van der Waals surface area contributed by atoms with Gasteiger partial charge in [0.05, 0.1) is 18.2 Å². The molecule has 2 fully saturated rings. The molecule has 2 aliphatic rings. The zero-order chi connectivity index (χ0) is 17.2. The van der Waals surface area contributed by atoms with Crippen LogP contribution in [0.15, 0.2) is 28.8 Å². The molecule has 2 atom stereocenters. The van der Waals surface area contributed by atoms with Crippen molar-refractivity contribution in [3.8, 4) is 6.07 Å². The number of rotatable bonds is 4. The number of carbonyl (C=O) groups is 1. The molecule has 25 heavy (non-hydrogen) atoms. The molecule has 2 saturated heterocycles. The van der Waals surface area contributed by atoms with E-state index in [0.717, 1.165) is 18.6 Å². The standard InChI is InChI=1S/C18H18N4O3/c19-9-12-2-1-3-13(8-12)10-22-15(4-5-16(22)23)18-20-17(21-25-18)14-6-7-24-11-14/h1-3,8,14-15H,4-7,10-11H2. The average Bonchev–Trinajstić information content (AvgIpc) is 3.36. The maximum atomic E-state index is 12.3. The van der Waals surface area contributed by atoms with Crippen LogP contribution in [0.4, 0.5) is 0 Å². The van der Waals surface area contributed by atoms with Gasteiger partial charge in [0.25, 0.3) is 0 Å². The van der Waals surface area contributed by atoms with Gasteiger partial charge in [0.2, 0.25) is 11.8 Å². The molecule has 1 aromatic carbocycles. The molecule has 0 saturated carbocycles. The zero-order valence-corrected chi connectivity index (χ0v) is 13.7. The lowest BCUT2D eigenvalue weighted by atomic mass is 10.1. The summed E-state index contributed by atoms with van der Waals surface area (Å²) in [6, 6.07) is 9.22. The summed E-state index contributed by atoms with van der Waals surface area (Å²) in [5.74, 6) is 1.40. The Hall–Kier alpha value is -2.72. The van der Waals surface area contributed by atoms with Crippen LogP contribution in [0.3, 0.4) is 0 Å². The first-order valence-corrected chi connectivity index (χ1v) is 8.44. The van der Waals surface area contributed by atoms with Crippen molar-refractivity contribution in [2.24, 2.45) is 0 Å². The van der Waals surface area contributed by atoms with Gasteiger partial charge < -0.3 is 14.2 Å². The normalized spacial score (nSPS) is 23.2. The Morgan fingerprint density at radius 2 is 2.28 bits per heavy atom. The number of benzene rings is 1. The topological polar surface area (TPSA) is 92.2 Å². The van der Waals surface area contributed by atoms with Crippen LogP contribution in [0, 0.1) is 11.3 Å². The second kappa shape index (κ2) is 6.65. The summed E-state index contributed by atoms with van der Waals surface area (Å²) in [4.78, 5) is 18.6. The van der Waals surface area contributed by atoms with E-state index in [4.69, 9.17) is 14.5 Å². The Balaban J connectivity index is 1.54. The molecule has 0 bridgehead atoms. The Labute approximate surface area is 145 Å². The summed E-state index contributed by atoms with van der Waals surface area (Å²) < 4.78 is 10.8. The number of hydrogen-bond acceptors (Lipinski definition) is 6. The highest BCUT2D eigenvalue weighted by atomic mass is 16.5. The van der Waals surface area contributed by atoms with Crippen LogP contribution in [0.25, 0.3) is 0 Å². The molecule has 3 heterocycles. The molecular formula is C18H18N4O3. The van der Waals surface area contributed by atoms with E-state index in [2.05, 4.69) is 16.2 Å². The van der Waals surface area contributed by atoms with Gasteiger partial charge in [-0.1, -0.05) is 17.3 Å². The molecule has 2 aromatic rings. The molecule has 1 amide bonds. The quantitative estimate of drug-likeness (QED) is 0.849. The molecule has 7 heteroatoms. The molecule has 2 unspecified atom stereocenters. The largest absolute Gasteiger partial charge is 0.381 e. The molecule has 7 nitrogen and oxygen atoms in total. The lowest BCUT2D eigenvalue weighted by Crippen LogP contribution is -2.27. The van der Waals surface area contributed by atoms with E-state index in [1.54, 1.807) is 17.0 Å². The predicted molar refractivity (Wildman–Crippen MR) is 86.2 cm³/mol. The van der Waals surface area contributed by atoms with Gasteiger partial charge in [0, 0.05) is 25.5 Å². The van der Waals surface area contributed by atoms with Crippen molar-refractivity contribution < 1.29 is 14.1 Å². The number of carbonyl (C=O) groups excluding carboxylic acids is 1. The lowest BCUT2D eigenvalue weighted by Gasteiger charge is -2.22. The molecule has 0 N–H and O–H groups in total. The molecule has 2 aliphatic heterocycles. The van der Waals surface area contributed by atoms with Crippen LogP contribution in [0.2, 0.25) is 0 Å². The first-order valence-electron chi connectivity index (χ1n) is 8.44. The fourth-order valence-corrected chi connectivity index (χ4v) is 3.41. The zero-order valence-electron chi connectivity index (χ0n) is 13.7. The van der Waals surface area contributed by atoms with Crippen molar-refractivity contribution >= 4 is 5.91 Å². The summed E-state index contributed by atoms with van der Waals surface area (Å²) in [7, 11) is 0. The fraction of sp³-hybridized carbons (Fsp3) is 0.444. The average molecular weight is 338 g/mol. The molecule has 0 aliphatic carbocycles. The van der Waals surface area contributed by atoms with Gasteiger partial charge in [-0.2, -0.15) is 10.2 Å². The molecule has 4 rings (SSSR count). The van der Waals surface area contributed by atoms with Crippen LogP contribution in [0.1, 0.15) is 54.1 Å². The highest BCUT2D eigenvalue weighted by Gasteiger charge is 2.36. The molecule has 0 radical (unpaired) electrons. The fourth-order valence-electron chi connectivity index (χ4n) is 3.41. The maximum Gasteiger partial charge on any atom is 0.249 e. The molecule has 0 spiro atoms.